The summed E-state index contributed by atoms with van der Waals surface area (Å²) in [5.41, 5.74) is 1.84. The number of carbonyl (C=O) groups excluding carboxylic acids is 2. The van der Waals surface area contributed by atoms with E-state index in [9.17, 15) is 9.59 Å². The number of para-hydroxylation sites is 1. The fourth-order valence-electron chi connectivity index (χ4n) is 1.71. The third-order valence-electron chi connectivity index (χ3n) is 2.51. The molecule has 15 heavy (non-hydrogen) atoms. The minimum Gasteiger partial charge on any atom is -0.358 e. The lowest BCUT2D eigenvalue weighted by molar-refractivity contribution is -0.122. The summed E-state index contributed by atoms with van der Waals surface area (Å²) in [6, 6.07) is 7.55. The number of nitrogens with zero attached hydrogens (tertiary/aromatic N) is 1. The Morgan fingerprint density at radius 3 is 2.93 bits per heavy atom. The molecule has 1 aromatic rings. The van der Waals surface area contributed by atoms with Gasteiger partial charge in [0.15, 0.2) is 0 Å². The van der Waals surface area contributed by atoms with Gasteiger partial charge in [0.2, 0.25) is 11.8 Å². The van der Waals surface area contributed by atoms with Crippen LogP contribution in [0.3, 0.4) is 0 Å². The number of benzene rings is 1. The van der Waals surface area contributed by atoms with E-state index in [1.54, 1.807) is 7.05 Å². The molecular formula is C11H12N2O2. The highest BCUT2D eigenvalue weighted by atomic mass is 16.2. The SMILES string of the molecule is CNC(=O)CN1C(=O)Cc2ccccc21. The quantitative estimate of drug-likeness (QED) is 0.754. The van der Waals surface area contributed by atoms with Gasteiger partial charge in [-0.05, 0) is 11.6 Å². The molecule has 0 saturated heterocycles. The first kappa shape index (κ1) is 9.71. The zero-order chi connectivity index (χ0) is 10.8. The normalized spacial score (nSPS) is 13.9. The smallest absolute Gasteiger partial charge is 0.239 e. The van der Waals surface area contributed by atoms with E-state index < -0.39 is 0 Å². The second kappa shape index (κ2) is 3.73. The van der Waals surface area contributed by atoms with Gasteiger partial charge in [-0.2, -0.15) is 0 Å². The van der Waals surface area contributed by atoms with Gasteiger partial charge in [0, 0.05) is 12.7 Å². The zero-order valence-corrected chi connectivity index (χ0v) is 8.49. The van der Waals surface area contributed by atoms with Gasteiger partial charge in [0.05, 0.1) is 6.42 Å². The Morgan fingerprint density at radius 2 is 2.20 bits per heavy atom. The molecule has 1 heterocycles. The minimum atomic E-state index is -0.153. The van der Waals surface area contributed by atoms with Crippen LogP contribution in [-0.2, 0) is 16.0 Å². The molecule has 0 fully saturated rings. The molecule has 0 aliphatic carbocycles. The van der Waals surface area contributed by atoms with Crippen molar-refractivity contribution >= 4 is 17.5 Å². The molecule has 78 valence electrons. The predicted octanol–water partition coefficient (Wildman–Crippen LogP) is 0.322. The van der Waals surface area contributed by atoms with Gasteiger partial charge in [0.25, 0.3) is 0 Å². The lowest BCUT2D eigenvalue weighted by Gasteiger charge is -2.15. The second-order valence-corrected chi connectivity index (χ2v) is 3.46. The van der Waals surface area contributed by atoms with Gasteiger partial charge >= 0.3 is 0 Å². The molecule has 2 amide bonds. The molecule has 0 bridgehead atoms. The highest BCUT2D eigenvalue weighted by Gasteiger charge is 2.27. The number of anilines is 1. The van der Waals surface area contributed by atoms with Crippen LogP contribution in [0.2, 0.25) is 0 Å². The molecule has 1 N–H and O–H groups in total. The summed E-state index contributed by atoms with van der Waals surface area (Å²) < 4.78 is 0. The van der Waals surface area contributed by atoms with E-state index in [4.69, 9.17) is 0 Å². The number of likely N-dealkylation sites (N-methyl/N-ethyl adjacent to an activating group) is 1. The maximum atomic E-state index is 11.6. The number of nitrogens with one attached hydrogen (secondary N) is 1. The van der Waals surface area contributed by atoms with Crippen LogP contribution < -0.4 is 10.2 Å². The van der Waals surface area contributed by atoms with Crippen molar-refractivity contribution in [3.63, 3.8) is 0 Å². The standard InChI is InChI=1S/C11H12N2O2/c1-12-10(14)7-13-9-5-3-2-4-8(9)6-11(13)15/h2-5H,6-7H2,1H3,(H,12,14). The van der Waals surface area contributed by atoms with Crippen LogP contribution in [0.15, 0.2) is 24.3 Å². The van der Waals surface area contributed by atoms with Crippen molar-refractivity contribution in [2.24, 2.45) is 0 Å². The highest BCUT2D eigenvalue weighted by molar-refractivity contribution is 6.04. The largest absolute Gasteiger partial charge is 0.358 e. The van der Waals surface area contributed by atoms with E-state index in [0.29, 0.717) is 6.42 Å². The molecule has 0 saturated carbocycles. The molecule has 0 radical (unpaired) electrons. The van der Waals surface area contributed by atoms with Gasteiger partial charge in [0.1, 0.15) is 6.54 Å². The third-order valence-corrected chi connectivity index (χ3v) is 2.51. The van der Waals surface area contributed by atoms with Gasteiger partial charge in [-0.15, -0.1) is 0 Å². The molecule has 1 aromatic carbocycles. The third kappa shape index (κ3) is 1.70. The van der Waals surface area contributed by atoms with Crippen molar-refractivity contribution in [2.45, 2.75) is 6.42 Å². The van der Waals surface area contributed by atoms with Gasteiger partial charge < -0.3 is 10.2 Å². The van der Waals surface area contributed by atoms with E-state index >= 15 is 0 Å². The van der Waals surface area contributed by atoms with Gasteiger partial charge in [-0.25, -0.2) is 0 Å². The average molecular weight is 204 g/mol. The van der Waals surface area contributed by atoms with Crippen LogP contribution in [-0.4, -0.2) is 25.4 Å². The molecule has 0 unspecified atom stereocenters. The molecule has 1 aliphatic rings. The summed E-state index contributed by atoms with van der Waals surface area (Å²) in [7, 11) is 1.56. The van der Waals surface area contributed by atoms with Crippen molar-refractivity contribution in [1.29, 1.82) is 0 Å². The van der Waals surface area contributed by atoms with Crippen LogP contribution >= 0.6 is 0 Å². The molecule has 0 atom stereocenters. The van der Waals surface area contributed by atoms with Crippen LogP contribution in [0, 0.1) is 0 Å². The van der Waals surface area contributed by atoms with Crippen LogP contribution in [0.25, 0.3) is 0 Å². The topological polar surface area (TPSA) is 49.4 Å². The van der Waals surface area contributed by atoms with Crippen LogP contribution in [0.1, 0.15) is 5.56 Å². The number of amides is 2. The van der Waals surface area contributed by atoms with E-state index in [-0.39, 0.29) is 18.4 Å². The summed E-state index contributed by atoms with van der Waals surface area (Å²) in [6.45, 7) is 0.104. The number of hydrogen-bond donors (Lipinski definition) is 1. The number of fused-ring (bicyclic) bond motifs is 1. The Balaban J connectivity index is 2.26. The monoisotopic (exact) mass is 204 g/mol. The van der Waals surface area contributed by atoms with Crippen LogP contribution in [0.4, 0.5) is 5.69 Å². The predicted molar refractivity (Wildman–Crippen MR) is 56.6 cm³/mol. The van der Waals surface area contributed by atoms with E-state index in [1.165, 1.54) is 4.90 Å². The maximum absolute atomic E-state index is 11.6. The summed E-state index contributed by atoms with van der Waals surface area (Å²) in [5, 5.41) is 2.51. The number of carbonyl (C=O) groups is 2. The Bertz CT molecular complexity index is 415. The van der Waals surface area contributed by atoms with E-state index in [1.807, 2.05) is 24.3 Å². The van der Waals surface area contributed by atoms with Gasteiger partial charge in [-0.1, -0.05) is 18.2 Å². The molecule has 4 nitrogen and oxygen atoms in total. The Labute approximate surface area is 87.9 Å². The summed E-state index contributed by atoms with van der Waals surface area (Å²) in [6.07, 6.45) is 0.396. The number of hydrogen-bond acceptors (Lipinski definition) is 2. The summed E-state index contributed by atoms with van der Waals surface area (Å²) in [4.78, 5) is 24.4. The van der Waals surface area contributed by atoms with Crippen molar-refractivity contribution in [1.82, 2.24) is 5.32 Å². The Morgan fingerprint density at radius 1 is 1.47 bits per heavy atom. The van der Waals surface area contributed by atoms with E-state index in [0.717, 1.165) is 11.3 Å². The first-order valence-electron chi connectivity index (χ1n) is 4.81. The molecule has 0 spiro atoms. The fourth-order valence-corrected chi connectivity index (χ4v) is 1.71. The van der Waals surface area contributed by atoms with Gasteiger partial charge in [-0.3, -0.25) is 9.59 Å². The van der Waals surface area contributed by atoms with Crippen molar-refractivity contribution in [3.05, 3.63) is 29.8 Å². The minimum absolute atomic E-state index is 0.0141. The molecular weight excluding hydrogens is 192 g/mol. The van der Waals surface area contributed by atoms with Crippen molar-refractivity contribution in [3.8, 4) is 0 Å². The Kier molecular flexibility index (Phi) is 2.41. The molecule has 4 heteroatoms. The summed E-state index contributed by atoms with van der Waals surface area (Å²) in [5.74, 6) is -0.167. The lowest BCUT2D eigenvalue weighted by atomic mass is 10.2. The second-order valence-electron chi connectivity index (χ2n) is 3.46. The number of rotatable bonds is 2. The maximum Gasteiger partial charge on any atom is 0.239 e. The van der Waals surface area contributed by atoms with Crippen LogP contribution in [0.5, 0.6) is 0 Å². The first-order chi connectivity index (χ1) is 7.22. The molecule has 1 aliphatic heterocycles. The summed E-state index contributed by atoms with van der Waals surface area (Å²) >= 11 is 0. The molecule has 2 rings (SSSR count). The first-order valence-corrected chi connectivity index (χ1v) is 4.81. The zero-order valence-electron chi connectivity index (χ0n) is 8.49. The Hall–Kier alpha value is -1.84. The highest BCUT2D eigenvalue weighted by Crippen LogP contribution is 2.27. The lowest BCUT2D eigenvalue weighted by Crippen LogP contribution is -2.37. The van der Waals surface area contributed by atoms with Crippen molar-refractivity contribution in [2.75, 3.05) is 18.5 Å². The fraction of sp³-hybridized carbons (Fsp3) is 0.273. The average Bonchev–Trinajstić information content (AvgIpc) is 2.55. The molecule has 0 aromatic heterocycles. The van der Waals surface area contributed by atoms with Crippen molar-refractivity contribution < 1.29 is 9.59 Å². The van der Waals surface area contributed by atoms with E-state index in [2.05, 4.69) is 5.32 Å².